The fourth-order valence-electron chi connectivity index (χ4n) is 2.41. The van der Waals surface area contributed by atoms with Crippen molar-refractivity contribution >= 4 is 12.1 Å². The summed E-state index contributed by atoms with van der Waals surface area (Å²) in [6.07, 6.45) is 3.76. The van der Waals surface area contributed by atoms with Crippen molar-refractivity contribution in [1.82, 2.24) is 4.90 Å². The van der Waals surface area contributed by atoms with E-state index in [4.69, 9.17) is 9.47 Å². The maximum absolute atomic E-state index is 12.1. The molecule has 0 N–H and O–H groups in total. The lowest BCUT2D eigenvalue weighted by molar-refractivity contribution is -0.143. The number of nitrogens with zero attached hydrogens (tertiary/aromatic N) is 1. The van der Waals surface area contributed by atoms with Gasteiger partial charge in [0.25, 0.3) is 0 Å². The van der Waals surface area contributed by atoms with E-state index < -0.39 is 5.60 Å². The number of amides is 1. The fraction of sp³-hybridized carbons (Fsp3) is 0.867. The molecule has 1 atom stereocenters. The van der Waals surface area contributed by atoms with E-state index in [0.29, 0.717) is 13.0 Å². The van der Waals surface area contributed by atoms with Crippen molar-refractivity contribution in [1.29, 1.82) is 0 Å². The zero-order chi connectivity index (χ0) is 15.2. The quantitative estimate of drug-likeness (QED) is 0.728. The summed E-state index contributed by atoms with van der Waals surface area (Å²) in [5.41, 5.74) is -0.463. The third-order valence-electron chi connectivity index (χ3n) is 3.23. The van der Waals surface area contributed by atoms with Gasteiger partial charge in [-0.2, -0.15) is 0 Å². The van der Waals surface area contributed by atoms with E-state index in [-0.39, 0.29) is 18.1 Å². The van der Waals surface area contributed by atoms with Gasteiger partial charge in [0.05, 0.1) is 6.61 Å². The second-order valence-corrected chi connectivity index (χ2v) is 6.17. The molecule has 0 spiro atoms. The fourth-order valence-corrected chi connectivity index (χ4v) is 2.41. The Bertz CT molecular complexity index is 335. The van der Waals surface area contributed by atoms with Gasteiger partial charge in [-0.15, -0.1) is 0 Å². The summed E-state index contributed by atoms with van der Waals surface area (Å²) >= 11 is 0. The number of ether oxygens (including phenoxy) is 2. The SMILES string of the molecule is CCOC(=O)CCCC1CCCN1C(=O)OC(C)(C)C. The van der Waals surface area contributed by atoms with Crippen LogP contribution >= 0.6 is 0 Å². The Morgan fingerprint density at radius 1 is 1.30 bits per heavy atom. The highest BCUT2D eigenvalue weighted by Crippen LogP contribution is 2.24. The molecule has 1 aliphatic rings. The molecule has 5 nitrogen and oxygen atoms in total. The number of hydrogen-bond donors (Lipinski definition) is 0. The topological polar surface area (TPSA) is 55.8 Å². The van der Waals surface area contributed by atoms with Crippen molar-refractivity contribution in [3.05, 3.63) is 0 Å². The highest BCUT2D eigenvalue weighted by molar-refractivity contribution is 5.69. The second kappa shape index (κ2) is 7.50. The zero-order valence-electron chi connectivity index (χ0n) is 13.1. The molecule has 0 aromatic heterocycles. The van der Waals surface area contributed by atoms with Gasteiger partial charge in [-0.1, -0.05) is 0 Å². The molecule has 116 valence electrons. The van der Waals surface area contributed by atoms with Gasteiger partial charge in [0.1, 0.15) is 5.60 Å². The van der Waals surface area contributed by atoms with Crippen molar-refractivity contribution in [2.75, 3.05) is 13.2 Å². The Morgan fingerprint density at radius 3 is 2.60 bits per heavy atom. The number of hydrogen-bond acceptors (Lipinski definition) is 4. The molecule has 1 saturated heterocycles. The maximum atomic E-state index is 12.1. The Labute approximate surface area is 121 Å². The third kappa shape index (κ3) is 5.80. The summed E-state index contributed by atoms with van der Waals surface area (Å²) in [5, 5.41) is 0. The molecular weight excluding hydrogens is 258 g/mol. The van der Waals surface area contributed by atoms with Gasteiger partial charge in [-0.3, -0.25) is 4.79 Å². The first-order chi connectivity index (χ1) is 9.33. The lowest BCUT2D eigenvalue weighted by Crippen LogP contribution is -2.39. The average Bonchev–Trinajstić information content (AvgIpc) is 2.75. The molecule has 0 bridgehead atoms. The van der Waals surface area contributed by atoms with Crippen molar-refractivity contribution in [3.8, 4) is 0 Å². The Hall–Kier alpha value is -1.26. The van der Waals surface area contributed by atoms with Crippen LogP contribution in [0.25, 0.3) is 0 Å². The minimum absolute atomic E-state index is 0.158. The Kier molecular flexibility index (Phi) is 6.30. The van der Waals surface area contributed by atoms with E-state index in [1.54, 1.807) is 11.8 Å². The predicted molar refractivity (Wildman–Crippen MR) is 76.4 cm³/mol. The first-order valence-corrected chi connectivity index (χ1v) is 7.48. The van der Waals surface area contributed by atoms with Gasteiger partial charge >= 0.3 is 12.1 Å². The number of esters is 1. The number of likely N-dealkylation sites (tertiary alicyclic amines) is 1. The molecule has 1 unspecified atom stereocenters. The Morgan fingerprint density at radius 2 is 2.00 bits per heavy atom. The lowest BCUT2D eigenvalue weighted by Gasteiger charge is -2.28. The third-order valence-corrected chi connectivity index (χ3v) is 3.23. The zero-order valence-corrected chi connectivity index (χ0v) is 13.1. The van der Waals surface area contributed by atoms with Gasteiger partial charge in [-0.25, -0.2) is 4.79 Å². The first kappa shape index (κ1) is 16.8. The van der Waals surface area contributed by atoms with Gasteiger partial charge in [0.15, 0.2) is 0 Å². The summed E-state index contributed by atoms with van der Waals surface area (Å²) in [7, 11) is 0. The van der Waals surface area contributed by atoms with Gasteiger partial charge in [0, 0.05) is 19.0 Å². The molecule has 1 fully saturated rings. The van der Waals surface area contributed by atoms with Crippen molar-refractivity contribution in [2.24, 2.45) is 0 Å². The molecular formula is C15H27NO4. The van der Waals surface area contributed by atoms with Crippen LogP contribution in [-0.2, 0) is 14.3 Å². The molecule has 1 rings (SSSR count). The van der Waals surface area contributed by atoms with E-state index in [9.17, 15) is 9.59 Å². The molecule has 1 aliphatic heterocycles. The van der Waals surface area contributed by atoms with Gasteiger partial charge < -0.3 is 14.4 Å². The summed E-state index contributed by atoms with van der Waals surface area (Å²) in [5.74, 6) is -0.158. The monoisotopic (exact) mass is 285 g/mol. The lowest BCUT2D eigenvalue weighted by atomic mass is 10.1. The summed E-state index contributed by atoms with van der Waals surface area (Å²) in [4.78, 5) is 25.2. The minimum atomic E-state index is -0.463. The predicted octanol–water partition coefficient (Wildman–Crippen LogP) is 3.12. The normalized spacial score (nSPS) is 19.0. The van der Waals surface area contributed by atoms with Crippen LogP contribution in [-0.4, -0.2) is 41.8 Å². The molecule has 0 aromatic carbocycles. The summed E-state index contributed by atoms with van der Waals surface area (Å²) < 4.78 is 10.3. The maximum Gasteiger partial charge on any atom is 0.410 e. The van der Waals surface area contributed by atoms with E-state index in [0.717, 1.165) is 32.2 Å². The van der Waals surface area contributed by atoms with Crippen LogP contribution in [0.1, 0.15) is 59.8 Å². The molecule has 1 heterocycles. The van der Waals surface area contributed by atoms with Crippen LogP contribution in [0.4, 0.5) is 4.79 Å². The van der Waals surface area contributed by atoms with E-state index in [2.05, 4.69) is 0 Å². The minimum Gasteiger partial charge on any atom is -0.466 e. The Balaban J connectivity index is 2.37. The van der Waals surface area contributed by atoms with Crippen LogP contribution in [0.15, 0.2) is 0 Å². The van der Waals surface area contributed by atoms with Crippen molar-refractivity contribution < 1.29 is 19.1 Å². The van der Waals surface area contributed by atoms with E-state index >= 15 is 0 Å². The van der Waals surface area contributed by atoms with Crippen molar-refractivity contribution in [2.45, 2.75) is 71.4 Å². The second-order valence-electron chi connectivity index (χ2n) is 6.17. The molecule has 0 aliphatic carbocycles. The first-order valence-electron chi connectivity index (χ1n) is 7.48. The number of carbonyl (C=O) groups is 2. The highest BCUT2D eigenvalue weighted by Gasteiger charge is 2.31. The van der Waals surface area contributed by atoms with E-state index in [1.807, 2.05) is 20.8 Å². The van der Waals surface area contributed by atoms with Crippen LogP contribution in [0.2, 0.25) is 0 Å². The average molecular weight is 285 g/mol. The molecule has 0 aromatic rings. The van der Waals surface area contributed by atoms with Crippen LogP contribution in [0, 0.1) is 0 Å². The number of carbonyl (C=O) groups excluding carboxylic acids is 2. The largest absolute Gasteiger partial charge is 0.466 e. The van der Waals surface area contributed by atoms with Crippen LogP contribution in [0.3, 0.4) is 0 Å². The molecule has 20 heavy (non-hydrogen) atoms. The number of rotatable bonds is 5. The molecule has 1 amide bonds. The molecule has 0 radical (unpaired) electrons. The molecule has 0 saturated carbocycles. The van der Waals surface area contributed by atoms with Gasteiger partial charge in [0.2, 0.25) is 0 Å². The van der Waals surface area contributed by atoms with Crippen molar-refractivity contribution in [3.63, 3.8) is 0 Å². The molecule has 5 heteroatoms. The summed E-state index contributed by atoms with van der Waals surface area (Å²) in [6.45, 7) is 8.59. The van der Waals surface area contributed by atoms with Crippen LogP contribution < -0.4 is 0 Å². The summed E-state index contributed by atoms with van der Waals surface area (Å²) in [6, 6.07) is 0.194. The van der Waals surface area contributed by atoms with Crippen LogP contribution in [0.5, 0.6) is 0 Å². The van der Waals surface area contributed by atoms with Gasteiger partial charge in [-0.05, 0) is 53.4 Å². The smallest absolute Gasteiger partial charge is 0.410 e. The standard InChI is InChI=1S/C15H27NO4/c1-5-19-13(17)10-6-8-12-9-7-11-16(12)14(18)20-15(2,3)4/h12H,5-11H2,1-4H3. The van der Waals surface area contributed by atoms with E-state index in [1.165, 1.54) is 0 Å². The highest BCUT2D eigenvalue weighted by atomic mass is 16.6.